The minimum Gasteiger partial charge on any atom is -0.315 e. The minimum absolute atomic E-state index is 0.115. The lowest BCUT2D eigenvalue weighted by molar-refractivity contribution is 0.601. The summed E-state index contributed by atoms with van der Waals surface area (Å²) in [6, 6.07) is 4.45. The molecule has 2 N–H and O–H groups in total. The Morgan fingerprint density at radius 1 is 1.14 bits per heavy atom. The molecule has 0 saturated carbocycles. The summed E-state index contributed by atoms with van der Waals surface area (Å²) >= 11 is 19.1. The van der Waals surface area contributed by atoms with Crippen LogP contribution in [0.15, 0.2) is 28.5 Å². The summed E-state index contributed by atoms with van der Waals surface area (Å²) in [4.78, 5) is 1.08. The van der Waals surface area contributed by atoms with Crippen LogP contribution >= 0.6 is 46.1 Å². The van der Waals surface area contributed by atoms with Crippen molar-refractivity contribution < 1.29 is 8.42 Å². The predicted molar refractivity (Wildman–Crippen MR) is 89.4 cm³/mol. The molecule has 2 aromatic rings. The monoisotopic (exact) mass is 384 g/mol. The summed E-state index contributed by atoms with van der Waals surface area (Å²) in [5.74, 6) is 0. The van der Waals surface area contributed by atoms with E-state index in [2.05, 4.69) is 10.0 Å². The fourth-order valence-electron chi connectivity index (χ4n) is 1.60. The molecule has 0 aliphatic rings. The molecule has 1 heterocycles. The second kappa shape index (κ2) is 6.73. The number of halogens is 3. The highest BCUT2D eigenvalue weighted by Crippen LogP contribution is 2.35. The first kappa shape index (κ1) is 16.9. The number of rotatable bonds is 5. The van der Waals surface area contributed by atoms with Crippen molar-refractivity contribution in [1.82, 2.24) is 5.32 Å². The number of hydrogen-bond acceptors (Lipinski definition) is 4. The maximum Gasteiger partial charge on any atom is 0.262 e. The van der Waals surface area contributed by atoms with Crippen LogP contribution in [-0.4, -0.2) is 15.5 Å². The average Bonchev–Trinajstić information content (AvgIpc) is 2.84. The van der Waals surface area contributed by atoms with Crippen molar-refractivity contribution in [2.45, 2.75) is 11.4 Å². The van der Waals surface area contributed by atoms with Gasteiger partial charge in [0.15, 0.2) is 0 Å². The van der Waals surface area contributed by atoms with E-state index in [9.17, 15) is 8.42 Å². The first-order chi connectivity index (χ1) is 9.83. The first-order valence-corrected chi connectivity index (χ1v) is 9.22. The van der Waals surface area contributed by atoms with E-state index in [1.165, 1.54) is 23.5 Å². The summed E-state index contributed by atoms with van der Waals surface area (Å²) in [6.07, 6.45) is 0. The smallest absolute Gasteiger partial charge is 0.262 e. The maximum absolute atomic E-state index is 12.3. The zero-order valence-electron chi connectivity index (χ0n) is 10.8. The van der Waals surface area contributed by atoms with E-state index < -0.39 is 10.0 Å². The molecule has 0 fully saturated rings. The van der Waals surface area contributed by atoms with Gasteiger partial charge in [-0.05, 0) is 25.2 Å². The second-order valence-corrected chi connectivity index (χ2v) is 8.06. The quantitative estimate of drug-likeness (QED) is 0.810. The van der Waals surface area contributed by atoms with E-state index in [4.69, 9.17) is 34.8 Å². The highest BCUT2D eigenvalue weighted by atomic mass is 35.5. The van der Waals surface area contributed by atoms with Crippen molar-refractivity contribution in [3.05, 3.63) is 43.5 Å². The highest BCUT2D eigenvalue weighted by Gasteiger charge is 2.19. The summed E-state index contributed by atoms with van der Waals surface area (Å²) in [5.41, 5.74) is 0.115. The van der Waals surface area contributed by atoms with Gasteiger partial charge in [0, 0.05) is 21.8 Å². The van der Waals surface area contributed by atoms with E-state index in [0.717, 1.165) is 4.88 Å². The lowest BCUT2D eigenvalue weighted by Crippen LogP contribution is -2.13. The summed E-state index contributed by atoms with van der Waals surface area (Å²) in [7, 11) is -1.96. The molecule has 0 atom stereocenters. The molecule has 21 heavy (non-hydrogen) atoms. The van der Waals surface area contributed by atoms with Crippen molar-refractivity contribution >= 4 is 61.9 Å². The van der Waals surface area contributed by atoms with E-state index in [1.807, 2.05) is 0 Å². The minimum atomic E-state index is -3.75. The zero-order valence-corrected chi connectivity index (χ0v) is 14.7. The lowest BCUT2D eigenvalue weighted by Gasteiger charge is -2.10. The fraction of sp³-hybridized carbons (Fsp3) is 0.167. The van der Waals surface area contributed by atoms with Gasteiger partial charge in [0.25, 0.3) is 10.0 Å². The highest BCUT2D eigenvalue weighted by molar-refractivity contribution is 7.92. The van der Waals surface area contributed by atoms with Crippen molar-refractivity contribution in [2.75, 3.05) is 11.8 Å². The number of sulfonamides is 1. The van der Waals surface area contributed by atoms with Gasteiger partial charge in [0.05, 0.1) is 20.6 Å². The molecule has 0 amide bonds. The van der Waals surface area contributed by atoms with Crippen molar-refractivity contribution in [1.29, 1.82) is 0 Å². The Bertz CT molecular complexity index is 737. The van der Waals surface area contributed by atoms with Gasteiger partial charge in [-0.2, -0.15) is 0 Å². The Labute approximate surface area is 142 Å². The van der Waals surface area contributed by atoms with Crippen LogP contribution in [0.25, 0.3) is 0 Å². The van der Waals surface area contributed by atoms with Gasteiger partial charge in [-0.15, -0.1) is 11.3 Å². The number of thiophene rings is 1. The molecule has 1 aromatic carbocycles. The predicted octanol–water partition coefficient (Wildman–Crippen LogP) is 4.23. The Kier molecular flexibility index (Phi) is 5.40. The molecule has 2 rings (SSSR count). The standard InChI is InChI=1S/C12H11Cl3N2O2S2/c1-16-5-8-4-9(6-20-8)21(18,19)17-12-10(14)2-7(13)3-11(12)15/h2-4,6,16-17H,5H2,1H3. The SMILES string of the molecule is CNCc1cc(S(=O)(=O)Nc2c(Cl)cc(Cl)cc2Cl)cs1. The second-order valence-electron chi connectivity index (χ2n) is 4.13. The van der Waals surface area contributed by atoms with Crippen LogP contribution in [0.2, 0.25) is 15.1 Å². The molecule has 0 radical (unpaired) electrons. The molecule has 0 aliphatic carbocycles. The van der Waals surface area contributed by atoms with Crippen LogP contribution in [0.4, 0.5) is 5.69 Å². The summed E-state index contributed by atoms with van der Waals surface area (Å²) in [6.45, 7) is 0.600. The molecule has 0 bridgehead atoms. The van der Waals surface area contributed by atoms with E-state index in [1.54, 1.807) is 18.5 Å². The average molecular weight is 386 g/mol. The number of benzene rings is 1. The van der Waals surface area contributed by atoms with Gasteiger partial charge < -0.3 is 5.32 Å². The molecule has 0 unspecified atom stereocenters. The van der Waals surface area contributed by atoms with Crippen LogP contribution < -0.4 is 10.0 Å². The Morgan fingerprint density at radius 3 is 2.33 bits per heavy atom. The Hall–Kier alpha value is -0.500. The zero-order chi connectivity index (χ0) is 15.6. The van der Waals surface area contributed by atoms with Crippen molar-refractivity contribution in [2.24, 2.45) is 0 Å². The van der Waals surface area contributed by atoms with E-state index in [0.29, 0.717) is 11.6 Å². The summed E-state index contributed by atoms with van der Waals surface area (Å²) < 4.78 is 27.1. The molecule has 114 valence electrons. The number of hydrogen-bond donors (Lipinski definition) is 2. The van der Waals surface area contributed by atoms with Crippen molar-refractivity contribution in [3.63, 3.8) is 0 Å². The van der Waals surface area contributed by atoms with Gasteiger partial charge in [0.2, 0.25) is 0 Å². The van der Waals surface area contributed by atoms with E-state index in [-0.39, 0.29) is 20.6 Å². The van der Waals surface area contributed by atoms with Crippen LogP contribution in [0.1, 0.15) is 4.88 Å². The molecule has 0 spiro atoms. The fourth-order valence-corrected chi connectivity index (χ4v) is 5.01. The molecular formula is C12H11Cl3N2O2S2. The van der Waals surface area contributed by atoms with Gasteiger partial charge >= 0.3 is 0 Å². The van der Waals surface area contributed by atoms with Crippen LogP contribution in [-0.2, 0) is 16.6 Å². The molecule has 0 aliphatic heterocycles. The lowest BCUT2D eigenvalue weighted by atomic mass is 10.3. The normalized spacial score (nSPS) is 11.6. The van der Waals surface area contributed by atoms with Crippen molar-refractivity contribution in [3.8, 4) is 0 Å². The first-order valence-electron chi connectivity index (χ1n) is 5.73. The molecular weight excluding hydrogens is 375 g/mol. The van der Waals surface area contributed by atoms with Crippen LogP contribution in [0, 0.1) is 0 Å². The van der Waals surface area contributed by atoms with Crippen LogP contribution in [0.3, 0.4) is 0 Å². The van der Waals surface area contributed by atoms with Gasteiger partial charge in [-0.25, -0.2) is 8.42 Å². The molecule has 1 aromatic heterocycles. The maximum atomic E-state index is 12.3. The largest absolute Gasteiger partial charge is 0.315 e. The van der Waals surface area contributed by atoms with E-state index >= 15 is 0 Å². The van der Waals surface area contributed by atoms with Gasteiger partial charge in [0.1, 0.15) is 0 Å². The number of anilines is 1. The third-order valence-corrected chi connectivity index (χ3v) is 5.76. The Balaban J connectivity index is 2.33. The third kappa shape index (κ3) is 4.03. The van der Waals surface area contributed by atoms with Gasteiger partial charge in [-0.1, -0.05) is 34.8 Å². The molecule has 9 heteroatoms. The number of nitrogens with one attached hydrogen (secondary N) is 2. The molecule has 4 nitrogen and oxygen atoms in total. The molecule has 0 saturated heterocycles. The summed E-state index contributed by atoms with van der Waals surface area (Å²) in [5, 5.41) is 5.14. The van der Waals surface area contributed by atoms with Gasteiger partial charge in [-0.3, -0.25) is 4.72 Å². The Morgan fingerprint density at radius 2 is 1.76 bits per heavy atom. The third-order valence-electron chi connectivity index (χ3n) is 2.53. The van der Waals surface area contributed by atoms with Crippen LogP contribution in [0.5, 0.6) is 0 Å². The topological polar surface area (TPSA) is 58.2 Å².